The maximum atomic E-state index is 5.78. The molecule has 0 bridgehead atoms. The number of thiazole rings is 1. The fourth-order valence-electron chi connectivity index (χ4n) is 2.76. The lowest BCUT2D eigenvalue weighted by molar-refractivity contribution is 0.356. The van der Waals surface area contributed by atoms with Crippen LogP contribution in [-0.2, 0) is 13.0 Å². The Balaban J connectivity index is 2.18. The summed E-state index contributed by atoms with van der Waals surface area (Å²) in [5.74, 6) is 1.54. The van der Waals surface area contributed by atoms with E-state index >= 15 is 0 Å². The van der Waals surface area contributed by atoms with Crippen LogP contribution in [-0.4, -0.2) is 18.1 Å². The molecule has 17 heavy (non-hydrogen) atoms. The number of hydrogen-bond donors (Lipinski definition) is 1. The van der Waals surface area contributed by atoms with Crippen molar-refractivity contribution in [2.45, 2.75) is 40.2 Å². The van der Waals surface area contributed by atoms with Crippen molar-refractivity contribution in [2.24, 2.45) is 17.6 Å². The minimum atomic E-state index is 0.625. The van der Waals surface area contributed by atoms with E-state index in [9.17, 15) is 0 Å². The molecule has 2 atom stereocenters. The monoisotopic (exact) mass is 253 g/mol. The molecule has 2 heterocycles. The van der Waals surface area contributed by atoms with Crippen molar-refractivity contribution in [3.63, 3.8) is 0 Å². The molecule has 0 amide bonds. The standard InChI is InChI=1S/C13H23N3S/c1-4-11-12(6-14)17-13(15-11)16-7-9(2)5-10(3)8-16/h9-10H,4-8,14H2,1-3H3. The number of piperidine rings is 1. The molecule has 0 radical (unpaired) electrons. The molecular weight excluding hydrogens is 230 g/mol. The van der Waals surface area contributed by atoms with Crippen LogP contribution in [0.2, 0.25) is 0 Å². The van der Waals surface area contributed by atoms with Gasteiger partial charge in [0.15, 0.2) is 5.13 Å². The predicted molar refractivity (Wildman–Crippen MR) is 74.5 cm³/mol. The minimum absolute atomic E-state index is 0.625. The highest BCUT2D eigenvalue weighted by molar-refractivity contribution is 7.15. The van der Waals surface area contributed by atoms with Crippen LogP contribution < -0.4 is 10.6 Å². The Labute approximate surface area is 108 Å². The second kappa shape index (κ2) is 5.36. The summed E-state index contributed by atoms with van der Waals surface area (Å²) in [7, 11) is 0. The summed E-state index contributed by atoms with van der Waals surface area (Å²) in [5.41, 5.74) is 6.97. The molecule has 1 aromatic rings. The van der Waals surface area contributed by atoms with Crippen molar-refractivity contribution < 1.29 is 0 Å². The van der Waals surface area contributed by atoms with Crippen molar-refractivity contribution in [3.8, 4) is 0 Å². The first-order chi connectivity index (χ1) is 8.13. The van der Waals surface area contributed by atoms with E-state index in [2.05, 4.69) is 25.7 Å². The van der Waals surface area contributed by atoms with Gasteiger partial charge in [0.2, 0.25) is 0 Å². The zero-order valence-electron chi connectivity index (χ0n) is 11.1. The van der Waals surface area contributed by atoms with Crippen LogP contribution in [0.3, 0.4) is 0 Å². The first-order valence-corrected chi connectivity index (χ1v) is 7.39. The van der Waals surface area contributed by atoms with Gasteiger partial charge >= 0.3 is 0 Å². The first kappa shape index (κ1) is 12.8. The minimum Gasteiger partial charge on any atom is -0.348 e. The molecule has 1 aliphatic rings. The van der Waals surface area contributed by atoms with Gasteiger partial charge in [-0.25, -0.2) is 4.98 Å². The number of nitrogens with two attached hydrogens (primary N) is 1. The van der Waals surface area contributed by atoms with E-state index in [1.54, 1.807) is 11.3 Å². The van der Waals surface area contributed by atoms with Crippen LogP contribution in [0.4, 0.5) is 5.13 Å². The molecule has 96 valence electrons. The highest BCUT2D eigenvalue weighted by Gasteiger charge is 2.24. The molecule has 4 heteroatoms. The molecule has 0 aromatic carbocycles. The van der Waals surface area contributed by atoms with Gasteiger partial charge in [-0.05, 0) is 24.7 Å². The van der Waals surface area contributed by atoms with E-state index < -0.39 is 0 Å². The molecule has 1 fully saturated rings. The molecule has 1 aliphatic heterocycles. The summed E-state index contributed by atoms with van der Waals surface area (Å²) in [6.45, 7) is 9.73. The Bertz CT molecular complexity index is 343. The largest absolute Gasteiger partial charge is 0.348 e. The molecule has 1 saturated heterocycles. The Hall–Kier alpha value is -0.610. The van der Waals surface area contributed by atoms with E-state index in [-0.39, 0.29) is 0 Å². The second-order valence-corrected chi connectivity index (χ2v) is 6.34. The molecule has 2 unspecified atom stereocenters. The smallest absolute Gasteiger partial charge is 0.185 e. The lowest BCUT2D eigenvalue weighted by Crippen LogP contribution is -2.38. The second-order valence-electron chi connectivity index (χ2n) is 5.28. The van der Waals surface area contributed by atoms with Crippen LogP contribution in [0.1, 0.15) is 37.8 Å². The number of aryl methyl sites for hydroxylation is 1. The van der Waals surface area contributed by atoms with Crippen LogP contribution in [0.15, 0.2) is 0 Å². The molecular formula is C13H23N3S. The third-order valence-electron chi connectivity index (χ3n) is 3.43. The highest BCUT2D eigenvalue weighted by atomic mass is 32.1. The Morgan fingerprint density at radius 1 is 1.35 bits per heavy atom. The predicted octanol–water partition coefficient (Wildman–Crippen LogP) is 2.65. The molecule has 2 N–H and O–H groups in total. The van der Waals surface area contributed by atoms with Crippen molar-refractivity contribution in [2.75, 3.05) is 18.0 Å². The van der Waals surface area contributed by atoms with Gasteiger partial charge in [0.1, 0.15) is 0 Å². The lowest BCUT2D eigenvalue weighted by atomic mass is 9.92. The van der Waals surface area contributed by atoms with E-state index in [4.69, 9.17) is 10.7 Å². The number of aromatic nitrogens is 1. The summed E-state index contributed by atoms with van der Waals surface area (Å²) in [6, 6.07) is 0. The third kappa shape index (κ3) is 2.80. The van der Waals surface area contributed by atoms with Gasteiger partial charge in [0, 0.05) is 24.5 Å². The average molecular weight is 253 g/mol. The number of rotatable bonds is 3. The average Bonchev–Trinajstić information content (AvgIpc) is 2.70. The molecule has 3 nitrogen and oxygen atoms in total. The summed E-state index contributed by atoms with van der Waals surface area (Å²) in [6.07, 6.45) is 2.33. The van der Waals surface area contributed by atoms with E-state index in [0.29, 0.717) is 6.54 Å². The first-order valence-electron chi connectivity index (χ1n) is 6.57. The quantitative estimate of drug-likeness (QED) is 0.900. The molecule has 2 rings (SSSR count). The van der Waals surface area contributed by atoms with Crippen LogP contribution in [0.25, 0.3) is 0 Å². The Morgan fingerprint density at radius 2 is 2.00 bits per heavy atom. The van der Waals surface area contributed by atoms with E-state index in [1.165, 1.54) is 22.1 Å². The van der Waals surface area contributed by atoms with Gasteiger partial charge in [-0.2, -0.15) is 0 Å². The third-order valence-corrected chi connectivity index (χ3v) is 4.61. The van der Waals surface area contributed by atoms with Gasteiger partial charge in [-0.15, -0.1) is 11.3 Å². The Kier molecular flexibility index (Phi) is 4.05. The van der Waals surface area contributed by atoms with Gasteiger partial charge in [0.05, 0.1) is 5.69 Å². The lowest BCUT2D eigenvalue weighted by Gasteiger charge is -2.34. The topological polar surface area (TPSA) is 42.2 Å². The molecule has 0 spiro atoms. The van der Waals surface area contributed by atoms with Crippen molar-refractivity contribution >= 4 is 16.5 Å². The Morgan fingerprint density at radius 3 is 2.47 bits per heavy atom. The zero-order chi connectivity index (χ0) is 12.4. The summed E-state index contributed by atoms with van der Waals surface area (Å²) in [5, 5.41) is 1.18. The van der Waals surface area contributed by atoms with Crippen LogP contribution >= 0.6 is 11.3 Å². The van der Waals surface area contributed by atoms with Gasteiger partial charge in [-0.3, -0.25) is 0 Å². The van der Waals surface area contributed by atoms with Gasteiger partial charge < -0.3 is 10.6 Å². The molecule has 0 aliphatic carbocycles. The molecule has 0 saturated carbocycles. The number of nitrogens with zero attached hydrogens (tertiary/aromatic N) is 2. The summed E-state index contributed by atoms with van der Waals surface area (Å²) >= 11 is 1.78. The van der Waals surface area contributed by atoms with Gasteiger partial charge in [0.25, 0.3) is 0 Å². The van der Waals surface area contributed by atoms with E-state index in [0.717, 1.165) is 31.3 Å². The SMILES string of the molecule is CCc1nc(N2CC(C)CC(C)C2)sc1CN. The van der Waals surface area contributed by atoms with Crippen LogP contribution in [0, 0.1) is 11.8 Å². The maximum absolute atomic E-state index is 5.78. The fourth-order valence-corrected chi connectivity index (χ4v) is 3.81. The van der Waals surface area contributed by atoms with Crippen molar-refractivity contribution in [1.29, 1.82) is 0 Å². The summed E-state index contributed by atoms with van der Waals surface area (Å²) in [4.78, 5) is 8.46. The van der Waals surface area contributed by atoms with Gasteiger partial charge in [-0.1, -0.05) is 20.8 Å². The maximum Gasteiger partial charge on any atom is 0.185 e. The van der Waals surface area contributed by atoms with Crippen LogP contribution in [0.5, 0.6) is 0 Å². The number of hydrogen-bond acceptors (Lipinski definition) is 4. The van der Waals surface area contributed by atoms with Crippen molar-refractivity contribution in [3.05, 3.63) is 10.6 Å². The fraction of sp³-hybridized carbons (Fsp3) is 0.769. The highest BCUT2D eigenvalue weighted by Crippen LogP contribution is 2.31. The van der Waals surface area contributed by atoms with E-state index in [1.807, 2.05) is 0 Å². The zero-order valence-corrected chi connectivity index (χ0v) is 11.9. The number of anilines is 1. The molecule has 1 aromatic heterocycles. The van der Waals surface area contributed by atoms with Crippen molar-refractivity contribution in [1.82, 2.24) is 4.98 Å². The summed E-state index contributed by atoms with van der Waals surface area (Å²) < 4.78 is 0. The normalized spacial score (nSPS) is 25.3.